The molecule has 0 aromatic heterocycles. The number of aliphatic hydroxyl groups excluding tert-OH is 2. The minimum Gasteiger partial charge on any atom is -1.00 e. The van der Waals surface area contributed by atoms with Crippen molar-refractivity contribution in [2.75, 3.05) is 18.5 Å². The van der Waals surface area contributed by atoms with Crippen molar-refractivity contribution in [1.82, 2.24) is 0 Å². The average molecular weight is 435 g/mol. The topological polar surface area (TPSA) is 43.7 Å². The van der Waals surface area contributed by atoms with E-state index < -0.39 is 0 Å². The van der Waals surface area contributed by atoms with Gasteiger partial charge in [-0.3, -0.25) is 4.48 Å². The second-order valence-electron chi connectivity index (χ2n) is 9.67. The molecule has 2 N–H and O–H groups in total. The second-order valence-corrected chi connectivity index (χ2v) is 9.67. The Balaban J connectivity index is 0.00000160. The van der Waals surface area contributed by atoms with Gasteiger partial charge in [-0.25, -0.2) is 0 Å². The molecule has 148 valence electrons. The lowest BCUT2D eigenvalue weighted by Crippen LogP contribution is -3.00. The van der Waals surface area contributed by atoms with Crippen molar-refractivity contribution in [2.45, 2.75) is 69.0 Å². The first-order valence-corrected chi connectivity index (χ1v) is 10.6. The highest BCUT2D eigenvalue weighted by atomic mass is 79.9. The Hall–Kier alpha value is -0.620. The third-order valence-corrected chi connectivity index (χ3v) is 9.67. The number of anilines is 1. The summed E-state index contributed by atoms with van der Waals surface area (Å²) in [6.45, 7) is 5.48. The molecule has 1 aliphatic carbocycles. The Kier molecular flexibility index (Phi) is 3.75. The van der Waals surface area contributed by atoms with E-state index in [2.05, 4.69) is 50.1 Å². The van der Waals surface area contributed by atoms with Gasteiger partial charge in [0.15, 0.2) is 6.23 Å². The van der Waals surface area contributed by atoms with E-state index in [-0.39, 0.29) is 34.7 Å². The highest BCUT2D eigenvalue weighted by Gasteiger charge is 2.82. The predicted molar refractivity (Wildman–Crippen MR) is 101 cm³/mol. The van der Waals surface area contributed by atoms with Crippen molar-refractivity contribution in [1.29, 1.82) is 0 Å². The maximum atomic E-state index is 11.8. The monoisotopic (exact) mass is 434 g/mol. The van der Waals surface area contributed by atoms with Crippen molar-refractivity contribution >= 4 is 5.69 Å². The number of rotatable bonds is 2. The molecule has 7 rings (SSSR count). The van der Waals surface area contributed by atoms with Gasteiger partial charge in [-0.05, 0) is 30.9 Å². The number of hydrogen-bond donors (Lipinski definition) is 2. The highest BCUT2D eigenvalue weighted by Crippen LogP contribution is 2.71. The Morgan fingerprint density at radius 2 is 1.93 bits per heavy atom. The van der Waals surface area contributed by atoms with Gasteiger partial charge in [-0.2, -0.15) is 0 Å². The molecule has 5 bridgehead atoms. The first-order chi connectivity index (χ1) is 12.5. The van der Waals surface area contributed by atoms with Gasteiger partial charge >= 0.3 is 0 Å². The normalized spacial score (nSPS) is 53.3. The molecule has 10 atom stereocenters. The molecular formula is C22H31BrN2O2. The fourth-order valence-corrected chi connectivity index (χ4v) is 9.03. The van der Waals surface area contributed by atoms with E-state index in [0.717, 1.165) is 23.9 Å². The molecule has 6 aliphatic rings. The van der Waals surface area contributed by atoms with Crippen LogP contribution in [0.25, 0.3) is 0 Å². The number of likely N-dealkylation sites (N-methyl/N-ethyl adjacent to an activating group) is 2. The molecule has 1 aromatic rings. The smallest absolute Gasteiger partial charge is 0.194 e. The first-order valence-electron chi connectivity index (χ1n) is 10.6. The van der Waals surface area contributed by atoms with Crippen LogP contribution in [0.1, 0.15) is 38.7 Å². The summed E-state index contributed by atoms with van der Waals surface area (Å²) < 4.78 is 0.849. The molecule has 10 unspecified atom stereocenters. The van der Waals surface area contributed by atoms with E-state index in [1.54, 1.807) is 0 Å². The van der Waals surface area contributed by atoms with E-state index in [9.17, 15) is 10.2 Å². The Bertz CT molecular complexity index is 789. The second kappa shape index (κ2) is 5.50. The molecule has 0 radical (unpaired) electrons. The Morgan fingerprint density at radius 1 is 1.19 bits per heavy atom. The van der Waals surface area contributed by atoms with Crippen molar-refractivity contribution in [3.8, 4) is 0 Å². The van der Waals surface area contributed by atoms with E-state index in [1.807, 2.05) is 0 Å². The predicted octanol–water partition coefficient (Wildman–Crippen LogP) is -0.907. The molecular weight excluding hydrogens is 404 g/mol. The van der Waals surface area contributed by atoms with E-state index in [4.69, 9.17) is 0 Å². The quantitative estimate of drug-likeness (QED) is 0.592. The molecule has 1 saturated carbocycles. The van der Waals surface area contributed by atoms with Gasteiger partial charge in [0.2, 0.25) is 0 Å². The van der Waals surface area contributed by atoms with Crippen LogP contribution >= 0.6 is 0 Å². The van der Waals surface area contributed by atoms with Crippen molar-refractivity contribution in [3.63, 3.8) is 0 Å². The van der Waals surface area contributed by atoms with E-state index in [0.29, 0.717) is 35.9 Å². The maximum Gasteiger partial charge on any atom is 0.194 e. The molecule has 4 saturated heterocycles. The molecule has 0 amide bonds. The standard InChI is InChI=1S/C22H31N2O2.BrH/c1-4-12-13-10-16-19-22(14-8-6-7-9-15(14)23(19)3)11-17(18(13)20(22)25)24(16,5-2)21(12)26;/h6-9,12-13,16-21,25-26H,4-5,10-11H2,1-3H3;1H/q+1;/p-1. The zero-order valence-electron chi connectivity index (χ0n) is 16.4. The summed E-state index contributed by atoms with van der Waals surface area (Å²) in [4.78, 5) is 2.46. The number of para-hydroxylation sites is 1. The van der Waals surface area contributed by atoms with Crippen molar-refractivity contribution in [2.24, 2.45) is 17.8 Å². The van der Waals surface area contributed by atoms with Gasteiger partial charge in [-0.15, -0.1) is 0 Å². The van der Waals surface area contributed by atoms with Crippen LogP contribution in [0.2, 0.25) is 0 Å². The van der Waals surface area contributed by atoms with Crippen LogP contribution in [-0.2, 0) is 5.41 Å². The molecule has 5 heteroatoms. The van der Waals surface area contributed by atoms with Crippen LogP contribution in [0.5, 0.6) is 0 Å². The number of nitrogens with zero attached hydrogens (tertiary/aromatic N) is 2. The van der Waals surface area contributed by atoms with Gasteiger partial charge in [-0.1, -0.05) is 25.1 Å². The van der Waals surface area contributed by atoms with Crippen LogP contribution in [0.15, 0.2) is 24.3 Å². The van der Waals surface area contributed by atoms with Crippen molar-refractivity contribution in [3.05, 3.63) is 29.8 Å². The zero-order valence-corrected chi connectivity index (χ0v) is 18.0. The minimum atomic E-state index is -0.272. The van der Waals surface area contributed by atoms with Gasteiger partial charge in [0.05, 0.1) is 30.1 Å². The van der Waals surface area contributed by atoms with Gasteiger partial charge in [0.25, 0.3) is 0 Å². The summed E-state index contributed by atoms with van der Waals surface area (Å²) in [5, 5.41) is 23.4. The molecule has 5 heterocycles. The fraction of sp³-hybridized carbons (Fsp3) is 0.727. The van der Waals surface area contributed by atoms with Gasteiger partial charge < -0.3 is 32.1 Å². The molecule has 1 aromatic carbocycles. The van der Waals surface area contributed by atoms with E-state index >= 15 is 0 Å². The highest BCUT2D eigenvalue weighted by molar-refractivity contribution is 5.66. The molecule has 27 heavy (non-hydrogen) atoms. The fourth-order valence-electron chi connectivity index (χ4n) is 9.03. The molecule has 5 fully saturated rings. The van der Waals surface area contributed by atoms with Crippen LogP contribution in [0.4, 0.5) is 5.69 Å². The maximum absolute atomic E-state index is 11.8. The summed E-state index contributed by atoms with van der Waals surface area (Å²) in [5.74, 6) is 1.18. The third kappa shape index (κ3) is 1.63. The summed E-state index contributed by atoms with van der Waals surface area (Å²) in [7, 11) is 2.22. The lowest BCUT2D eigenvalue weighted by atomic mass is 9.60. The zero-order chi connectivity index (χ0) is 18.0. The Morgan fingerprint density at radius 3 is 2.63 bits per heavy atom. The summed E-state index contributed by atoms with van der Waals surface area (Å²) in [5.41, 5.74) is 2.55. The number of aliphatic hydroxyl groups is 2. The van der Waals surface area contributed by atoms with Gasteiger partial charge in [0, 0.05) is 37.4 Å². The molecule has 4 nitrogen and oxygen atoms in total. The van der Waals surface area contributed by atoms with Gasteiger partial charge in [0.1, 0.15) is 6.04 Å². The number of fused-ring (bicyclic) bond motifs is 2. The SMILES string of the molecule is CCC1C2CC3C4N(C)c5ccccc5C45CC(C2C5O)[N+]3(CC)C1O.[Br-]. The number of benzene rings is 1. The number of quaternary nitrogens is 1. The van der Waals surface area contributed by atoms with E-state index in [1.165, 1.54) is 17.7 Å². The summed E-state index contributed by atoms with van der Waals surface area (Å²) >= 11 is 0. The molecule has 5 aliphatic heterocycles. The Labute approximate surface area is 172 Å². The lowest BCUT2D eigenvalue weighted by molar-refractivity contribution is -1.04. The lowest BCUT2D eigenvalue weighted by Gasteiger charge is -2.67. The summed E-state index contributed by atoms with van der Waals surface area (Å²) in [6.07, 6.45) is 2.71. The van der Waals surface area contributed by atoms with Crippen LogP contribution in [0.3, 0.4) is 0 Å². The molecule has 1 spiro atoms. The third-order valence-electron chi connectivity index (χ3n) is 9.67. The number of piperidine rings is 4. The van der Waals surface area contributed by atoms with Crippen LogP contribution in [0, 0.1) is 17.8 Å². The first kappa shape index (κ1) is 18.4. The minimum absolute atomic E-state index is 0. The number of halogens is 1. The van der Waals surface area contributed by atoms with Crippen molar-refractivity contribution < 1.29 is 31.7 Å². The largest absolute Gasteiger partial charge is 1.00 e. The summed E-state index contributed by atoms with van der Waals surface area (Å²) in [6, 6.07) is 9.93. The number of hydrogen-bond acceptors (Lipinski definition) is 3. The van der Waals surface area contributed by atoms with Crippen LogP contribution in [-0.4, -0.2) is 58.7 Å². The van der Waals surface area contributed by atoms with Crippen LogP contribution < -0.4 is 21.9 Å². The average Bonchev–Trinajstić information content (AvgIpc) is 3.04.